The normalized spacial score (nSPS) is 19.9. The van der Waals surface area contributed by atoms with E-state index in [-0.39, 0.29) is 0 Å². The second-order valence-electron chi connectivity index (χ2n) is 4.47. The zero-order valence-corrected chi connectivity index (χ0v) is 12.4. The predicted molar refractivity (Wildman–Crippen MR) is 76.6 cm³/mol. The molecule has 2 rings (SSSR count). The van der Waals surface area contributed by atoms with Gasteiger partial charge in [0, 0.05) is 24.0 Å². The monoisotopic (exact) mass is 313 g/mol. The smallest absolute Gasteiger partial charge is 0.218 e. The van der Waals surface area contributed by atoms with Crippen LogP contribution in [0.3, 0.4) is 0 Å². The lowest BCUT2D eigenvalue weighted by Gasteiger charge is -2.36. The largest absolute Gasteiger partial charge is 0.478 e. The topological polar surface area (TPSA) is 38.2 Å². The van der Waals surface area contributed by atoms with Crippen molar-refractivity contribution in [3.05, 3.63) is 12.4 Å². The molecule has 5 heteroatoms. The van der Waals surface area contributed by atoms with Crippen LogP contribution in [0.5, 0.6) is 5.88 Å². The van der Waals surface area contributed by atoms with Crippen LogP contribution in [0.15, 0.2) is 12.4 Å². The summed E-state index contributed by atoms with van der Waals surface area (Å²) in [5.74, 6) is 1.67. The van der Waals surface area contributed by atoms with Gasteiger partial charge in [-0.15, -0.1) is 0 Å². The molecular weight excluding hydrogens is 294 g/mol. The summed E-state index contributed by atoms with van der Waals surface area (Å²) in [6.45, 7) is 3.69. The fourth-order valence-electron chi connectivity index (χ4n) is 2.44. The molecule has 18 heavy (non-hydrogen) atoms. The molecule has 1 aliphatic rings. The molecule has 0 aromatic carbocycles. The van der Waals surface area contributed by atoms with Crippen LogP contribution in [0, 0.1) is 0 Å². The van der Waals surface area contributed by atoms with Gasteiger partial charge in [0.15, 0.2) is 0 Å². The molecule has 4 nitrogen and oxygen atoms in total. The molecule has 1 saturated heterocycles. The molecule has 1 aliphatic heterocycles. The minimum Gasteiger partial charge on any atom is -0.478 e. The average molecular weight is 314 g/mol. The van der Waals surface area contributed by atoms with Gasteiger partial charge in [-0.05, 0) is 32.6 Å². The van der Waals surface area contributed by atoms with Crippen molar-refractivity contribution in [2.24, 2.45) is 0 Å². The van der Waals surface area contributed by atoms with Crippen LogP contribution in [0.25, 0.3) is 0 Å². The van der Waals surface area contributed by atoms with E-state index in [1.807, 2.05) is 13.0 Å². The Labute approximate surface area is 117 Å². The molecule has 1 aromatic rings. The van der Waals surface area contributed by atoms with Gasteiger partial charge >= 0.3 is 0 Å². The molecule has 0 N–H and O–H groups in total. The second kappa shape index (κ2) is 6.92. The van der Waals surface area contributed by atoms with Crippen molar-refractivity contribution < 1.29 is 4.74 Å². The predicted octanol–water partition coefficient (Wildman–Crippen LogP) is 3.02. The van der Waals surface area contributed by atoms with Gasteiger partial charge in [-0.2, -0.15) is 0 Å². The summed E-state index contributed by atoms with van der Waals surface area (Å²) < 4.78 is 5.45. The Balaban J connectivity index is 2.14. The van der Waals surface area contributed by atoms with Crippen LogP contribution in [0.2, 0.25) is 0 Å². The highest BCUT2D eigenvalue weighted by Crippen LogP contribution is 2.26. The first kappa shape index (κ1) is 13.6. The van der Waals surface area contributed by atoms with Crippen LogP contribution in [-0.2, 0) is 0 Å². The van der Waals surface area contributed by atoms with Crippen molar-refractivity contribution in [1.29, 1.82) is 0 Å². The standard InChI is InChI=1S/C13H20BrN3O/c1-2-18-13-9-12(15-10-16-13)17-8-4-3-5-11(17)6-7-14/h9-11H,2-8H2,1H3. The Morgan fingerprint density at radius 2 is 2.33 bits per heavy atom. The Morgan fingerprint density at radius 1 is 1.44 bits per heavy atom. The lowest BCUT2D eigenvalue weighted by Crippen LogP contribution is -2.40. The number of ether oxygens (including phenoxy) is 1. The maximum atomic E-state index is 5.45. The molecule has 1 unspecified atom stereocenters. The van der Waals surface area contributed by atoms with E-state index in [0.29, 0.717) is 18.5 Å². The number of hydrogen-bond donors (Lipinski definition) is 0. The third-order valence-corrected chi connectivity index (χ3v) is 3.74. The lowest BCUT2D eigenvalue weighted by molar-refractivity contribution is 0.325. The molecule has 1 fully saturated rings. The first-order valence-corrected chi connectivity index (χ1v) is 7.74. The quantitative estimate of drug-likeness (QED) is 0.783. The van der Waals surface area contributed by atoms with E-state index in [4.69, 9.17) is 4.74 Å². The van der Waals surface area contributed by atoms with Gasteiger partial charge in [0.2, 0.25) is 5.88 Å². The zero-order chi connectivity index (χ0) is 12.8. The number of anilines is 1. The minimum absolute atomic E-state index is 0.586. The zero-order valence-electron chi connectivity index (χ0n) is 10.8. The van der Waals surface area contributed by atoms with Crippen LogP contribution in [0.1, 0.15) is 32.6 Å². The van der Waals surface area contributed by atoms with E-state index in [9.17, 15) is 0 Å². The van der Waals surface area contributed by atoms with Gasteiger partial charge in [0.25, 0.3) is 0 Å². The number of hydrogen-bond acceptors (Lipinski definition) is 4. The Morgan fingerprint density at radius 3 is 3.11 bits per heavy atom. The van der Waals surface area contributed by atoms with Crippen molar-refractivity contribution in [3.8, 4) is 5.88 Å². The van der Waals surface area contributed by atoms with Crippen molar-refractivity contribution in [2.45, 2.75) is 38.6 Å². The molecule has 1 atom stereocenters. The van der Waals surface area contributed by atoms with Gasteiger partial charge < -0.3 is 9.64 Å². The molecule has 100 valence electrons. The van der Waals surface area contributed by atoms with Crippen molar-refractivity contribution >= 4 is 21.7 Å². The molecule has 0 bridgehead atoms. The number of nitrogens with zero attached hydrogens (tertiary/aromatic N) is 3. The molecule has 0 radical (unpaired) electrons. The van der Waals surface area contributed by atoms with Crippen molar-refractivity contribution in [3.63, 3.8) is 0 Å². The summed E-state index contributed by atoms with van der Waals surface area (Å²) in [5.41, 5.74) is 0. The van der Waals surface area contributed by atoms with E-state index in [0.717, 1.165) is 24.1 Å². The molecule has 1 aromatic heterocycles. The number of alkyl halides is 1. The van der Waals surface area contributed by atoms with Crippen LogP contribution in [0.4, 0.5) is 5.82 Å². The van der Waals surface area contributed by atoms with Gasteiger partial charge in [-0.25, -0.2) is 9.97 Å². The van der Waals surface area contributed by atoms with Crippen molar-refractivity contribution in [2.75, 3.05) is 23.4 Å². The summed E-state index contributed by atoms with van der Waals surface area (Å²) in [4.78, 5) is 10.9. The third-order valence-electron chi connectivity index (χ3n) is 3.28. The van der Waals surface area contributed by atoms with Gasteiger partial charge in [-0.3, -0.25) is 0 Å². The molecule has 2 heterocycles. The van der Waals surface area contributed by atoms with Gasteiger partial charge in [0.1, 0.15) is 12.1 Å². The summed E-state index contributed by atoms with van der Waals surface area (Å²) >= 11 is 3.54. The Kier molecular flexibility index (Phi) is 5.23. The molecule has 0 spiro atoms. The summed E-state index contributed by atoms with van der Waals surface area (Å²) in [7, 11) is 0. The number of halogens is 1. The molecule has 0 aliphatic carbocycles. The van der Waals surface area contributed by atoms with Crippen LogP contribution >= 0.6 is 15.9 Å². The summed E-state index contributed by atoms with van der Waals surface area (Å²) in [6, 6.07) is 2.54. The van der Waals surface area contributed by atoms with E-state index in [1.165, 1.54) is 19.3 Å². The first-order valence-electron chi connectivity index (χ1n) is 6.62. The van der Waals surface area contributed by atoms with Gasteiger partial charge in [-0.1, -0.05) is 15.9 Å². The van der Waals surface area contributed by atoms with Crippen LogP contribution < -0.4 is 9.64 Å². The fourth-order valence-corrected chi connectivity index (χ4v) is 2.97. The lowest BCUT2D eigenvalue weighted by atomic mass is 10.0. The average Bonchev–Trinajstić information content (AvgIpc) is 2.40. The maximum Gasteiger partial charge on any atom is 0.218 e. The minimum atomic E-state index is 0.586. The van der Waals surface area contributed by atoms with Crippen molar-refractivity contribution in [1.82, 2.24) is 9.97 Å². The SMILES string of the molecule is CCOc1cc(N2CCCCC2CCBr)ncn1. The number of rotatable bonds is 5. The highest BCUT2D eigenvalue weighted by atomic mass is 79.9. The fraction of sp³-hybridized carbons (Fsp3) is 0.692. The number of aromatic nitrogens is 2. The maximum absolute atomic E-state index is 5.45. The highest BCUT2D eigenvalue weighted by molar-refractivity contribution is 9.09. The van der Waals surface area contributed by atoms with E-state index >= 15 is 0 Å². The van der Waals surface area contributed by atoms with Gasteiger partial charge in [0.05, 0.1) is 6.61 Å². The molecule has 0 amide bonds. The van der Waals surface area contributed by atoms with E-state index in [1.54, 1.807) is 6.33 Å². The Bertz CT molecular complexity index is 373. The summed E-state index contributed by atoms with van der Waals surface area (Å²) in [6.07, 6.45) is 6.57. The third kappa shape index (κ3) is 3.34. The van der Waals surface area contributed by atoms with E-state index < -0.39 is 0 Å². The highest BCUT2D eigenvalue weighted by Gasteiger charge is 2.23. The summed E-state index contributed by atoms with van der Waals surface area (Å²) in [5, 5.41) is 1.04. The first-order chi connectivity index (χ1) is 8.85. The van der Waals surface area contributed by atoms with E-state index in [2.05, 4.69) is 30.8 Å². The molecule has 0 saturated carbocycles. The van der Waals surface area contributed by atoms with Crippen LogP contribution in [-0.4, -0.2) is 34.5 Å². The number of piperidine rings is 1. The Hall–Kier alpha value is -0.840. The second-order valence-corrected chi connectivity index (χ2v) is 5.26. The molecular formula is C13H20BrN3O.